The minimum Gasteiger partial charge on any atom is -0.380 e. The maximum absolute atomic E-state index is 13.1. The number of likely N-dealkylation sites (N-methyl/N-ethyl adjacent to an activating group) is 1. The van der Waals surface area contributed by atoms with Crippen LogP contribution in [-0.2, 0) is 11.2 Å². The van der Waals surface area contributed by atoms with Gasteiger partial charge in [0.15, 0.2) is 0 Å². The number of halogens is 2. The first-order valence-electron chi connectivity index (χ1n) is 5.32. The van der Waals surface area contributed by atoms with Crippen molar-refractivity contribution in [1.29, 1.82) is 0 Å². The summed E-state index contributed by atoms with van der Waals surface area (Å²) in [4.78, 5) is 0. The van der Waals surface area contributed by atoms with Crippen LogP contribution >= 0.6 is 11.6 Å². The van der Waals surface area contributed by atoms with Crippen LogP contribution in [0, 0.1) is 12.7 Å². The Morgan fingerprint density at radius 2 is 2.12 bits per heavy atom. The van der Waals surface area contributed by atoms with Crippen LogP contribution in [0.25, 0.3) is 0 Å². The van der Waals surface area contributed by atoms with Crippen molar-refractivity contribution >= 4 is 11.6 Å². The van der Waals surface area contributed by atoms with Crippen molar-refractivity contribution in [2.45, 2.75) is 13.3 Å². The van der Waals surface area contributed by atoms with Crippen LogP contribution in [0.4, 0.5) is 4.39 Å². The maximum Gasteiger partial charge on any atom is 0.127 e. The van der Waals surface area contributed by atoms with Gasteiger partial charge in [-0.05, 0) is 37.6 Å². The third-order valence-electron chi connectivity index (χ3n) is 2.34. The Bertz CT molecular complexity index is 344. The lowest BCUT2D eigenvalue weighted by atomic mass is 10.1. The fourth-order valence-corrected chi connectivity index (χ4v) is 1.61. The van der Waals surface area contributed by atoms with Crippen LogP contribution in [-0.4, -0.2) is 26.8 Å². The fourth-order valence-electron chi connectivity index (χ4n) is 1.37. The van der Waals surface area contributed by atoms with E-state index in [1.807, 2.05) is 7.05 Å². The molecule has 0 radical (unpaired) electrons. The molecule has 0 aliphatic carbocycles. The molecular weight excluding hydrogens is 229 g/mol. The van der Waals surface area contributed by atoms with Gasteiger partial charge in [-0.25, -0.2) is 4.39 Å². The molecule has 1 rings (SSSR count). The Morgan fingerprint density at radius 3 is 2.81 bits per heavy atom. The molecule has 0 fully saturated rings. The fraction of sp³-hybridized carbons (Fsp3) is 0.500. The van der Waals surface area contributed by atoms with Crippen molar-refractivity contribution in [3.8, 4) is 0 Å². The van der Waals surface area contributed by atoms with E-state index in [1.165, 1.54) is 6.07 Å². The second-order valence-corrected chi connectivity index (χ2v) is 4.07. The van der Waals surface area contributed by atoms with Gasteiger partial charge in [0.2, 0.25) is 0 Å². The van der Waals surface area contributed by atoms with Crippen LogP contribution in [0.5, 0.6) is 0 Å². The molecular formula is C12H17ClFNO. The number of hydrogen-bond acceptors (Lipinski definition) is 2. The van der Waals surface area contributed by atoms with Crippen LogP contribution in [0.2, 0.25) is 5.02 Å². The molecule has 0 heterocycles. The summed E-state index contributed by atoms with van der Waals surface area (Å²) in [5.41, 5.74) is 1.56. The first-order chi connectivity index (χ1) is 7.65. The summed E-state index contributed by atoms with van der Waals surface area (Å²) >= 11 is 5.93. The smallest absolute Gasteiger partial charge is 0.127 e. The van der Waals surface area contributed by atoms with Crippen molar-refractivity contribution < 1.29 is 9.13 Å². The third kappa shape index (κ3) is 4.08. The first kappa shape index (κ1) is 13.4. The van der Waals surface area contributed by atoms with E-state index >= 15 is 0 Å². The number of benzene rings is 1. The molecule has 0 bridgehead atoms. The van der Waals surface area contributed by atoms with Gasteiger partial charge in [0.05, 0.1) is 13.2 Å². The molecule has 0 aromatic heterocycles. The normalized spacial score (nSPS) is 10.8. The predicted octanol–water partition coefficient (Wildman–Crippen LogP) is 2.57. The highest BCUT2D eigenvalue weighted by molar-refractivity contribution is 6.31. The van der Waals surface area contributed by atoms with Crippen molar-refractivity contribution in [3.05, 3.63) is 34.1 Å². The Balaban J connectivity index is 2.45. The SMILES string of the molecule is CNCCOCCc1cc(C)c(F)cc1Cl. The highest BCUT2D eigenvalue weighted by atomic mass is 35.5. The number of nitrogens with one attached hydrogen (secondary N) is 1. The zero-order valence-electron chi connectivity index (χ0n) is 9.65. The van der Waals surface area contributed by atoms with Crippen molar-refractivity contribution in [1.82, 2.24) is 5.32 Å². The first-order valence-corrected chi connectivity index (χ1v) is 5.70. The van der Waals surface area contributed by atoms with Gasteiger partial charge < -0.3 is 10.1 Å². The number of rotatable bonds is 6. The molecule has 0 spiro atoms. The molecule has 1 N–H and O–H groups in total. The van der Waals surface area contributed by atoms with Crippen LogP contribution in [0.3, 0.4) is 0 Å². The Hall–Kier alpha value is -0.640. The molecule has 0 atom stereocenters. The molecule has 0 amide bonds. The average molecular weight is 246 g/mol. The molecule has 0 unspecified atom stereocenters. The molecule has 90 valence electrons. The van der Waals surface area contributed by atoms with Crippen molar-refractivity contribution in [2.24, 2.45) is 0 Å². The molecule has 16 heavy (non-hydrogen) atoms. The number of hydrogen-bond donors (Lipinski definition) is 1. The predicted molar refractivity (Wildman–Crippen MR) is 64.6 cm³/mol. The number of ether oxygens (including phenoxy) is 1. The largest absolute Gasteiger partial charge is 0.380 e. The van der Waals surface area contributed by atoms with E-state index in [1.54, 1.807) is 13.0 Å². The lowest BCUT2D eigenvalue weighted by Crippen LogP contribution is -2.15. The topological polar surface area (TPSA) is 21.3 Å². The van der Waals surface area contributed by atoms with E-state index in [0.29, 0.717) is 30.2 Å². The van der Waals surface area contributed by atoms with E-state index in [4.69, 9.17) is 16.3 Å². The summed E-state index contributed by atoms with van der Waals surface area (Å²) in [5.74, 6) is -0.259. The minimum absolute atomic E-state index is 0.259. The van der Waals surface area contributed by atoms with E-state index in [0.717, 1.165) is 12.1 Å². The maximum atomic E-state index is 13.1. The van der Waals surface area contributed by atoms with Crippen LogP contribution in [0.15, 0.2) is 12.1 Å². The van der Waals surface area contributed by atoms with Gasteiger partial charge in [0, 0.05) is 11.6 Å². The standard InChI is InChI=1S/C12H17ClFNO/c1-9-7-10(11(13)8-12(9)14)3-5-16-6-4-15-2/h7-8,15H,3-6H2,1-2H3. The van der Waals surface area contributed by atoms with Crippen LogP contribution in [0.1, 0.15) is 11.1 Å². The van der Waals surface area contributed by atoms with E-state index in [2.05, 4.69) is 5.32 Å². The van der Waals surface area contributed by atoms with Gasteiger partial charge in [-0.1, -0.05) is 17.7 Å². The molecule has 1 aromatic carbocycles. The molecule has 4 heteroatoms. The number of aryl methyl sites for hydroxylation is 1. The molecule has 0 aliphatic heterocycles. The van der Waals surface area contributed by atoms with Crippen LogP contribution < -0.4 is 5.32 Å². The summed E-state index contributed by atoms with van der Waals surface area (Å²) in [5, 5.41) is 3.47. The van der Waals surface area contributed by atoms with E-state index < -0.39 is 0 Å². The zero-order valence-corrected chi connectivity index (χ0v) is 10.4. The Kier molecular flexibility index (Phi) is 5.74. The highest BCUT2D eigenvalue weighted by Crippen LogP contribution is 2.20. The second-order valence-electron chi connectivity index (χ2n) is 3.66. The van der Waals surface area contributed by atoms with E-state index in [-0.39, 0.29) is 5.82 Å². The second kappa shape index (κ2) is 6.84. The van der Waals surface area contributed by atoms with Gasteiger partial charge >= 0.3 is 0 Å². The lowest BCUT2D eigenvalue weighted by Gasteiger charge is -2.07. The molecule has 1 aromatic rings. The Morgan fingerprint density at radius 1 is 1.38 bits per heavy atom. The van der Waals surface area contributed by atoms with Gasteiger partial charge in [-0.15, -0.1) is 0 Å². The highest BCUT2D eigenvalue weighted by Gasteiger charge is 2.05. The zero-order chi connectivity index (χ0) is 12.0. The Labute approximate surface area is 101 Å². The quantitative estimate of drug-likeness (QED) is 0.778. The summed E-state index contributed by atoms with van der Waals surface area (Å²) in [6, 6.07) is 3.14. The van der Waals surface area contributed by atoms with Gasteiger partial charge in [0.25, 0.3) is 0 Å². The van der Waals surface area contributed by atoms with Crippen molar-refractivity contribution in [3.63, 3.8) is 0 Å². The summed E-state index contributed by atoms with van der Waals surface area (Å²) in [7, 11) is 1.88. The minimum atomic E-state index is -0.259. The summed E-state index contributed by atoms with van der Waals surface area (Å²) in [6.45, 7) is 3.84. The van der Waals surface area contributed by atoms with Gasteiger partial charge in [0.1, 0.15) is 5.82 Å². The molecule has 0 saturated heterocycles. The lowest BCUT2D eigenvalue weighted by molar-refractivity contribution is 0.140. The summed E-state index contributed by atoms with van der Waals surface area (Å²) < 4.78 is 18.5. The molecule has 0 aliphatic rings. The molecule has 0 saturated carbocycles. The van der Waals surface area contributed by atoms with Gasteiger partial charge in [-0.3, -0.25) is 0 Å². The third-order valence-corrected chi connectivity index (χ3v) is 2.69. The van der Waals surface area contributed by atoms with E-state index in [9.17, 15) is 4.39 Å². The average Bonchev–Trinajstić information content (AvgIpc) is 2.25. The van der Waals surface area contributed by atoms with Gasteiger partial charge in [-0.2, -0.15) is 0 Å². The molecule has 2 nitrogen and oxygen atoms in total. The summed E-state index contributed by atoms with van der Waals surface area (Å²) in [6.07, 6.45) is 0.712. The van der Waals surface area contributed by atoms with Crippen molar-refractivity contribution in [2.75, 3.05) is 26.8 Å². The monoisotopic (exact) mass is 245 g/mol.